The third kappa shape index (κ3) is 1.76. The molecule has 3 heterocycles. The first-order valence-electron chi connectivity index (χ1n) is 6.22. The molecule has 2 aliphatic rings. The van der Waals surface area contributed by atoms with E-state index in [1.54, 1.807) is 10.9 Å². The lowest BCUT2D eigenvalue weighted by molar-refractivity contribution is 0.0889. The van der Waals surface area contributed by atoms with Crippen LogP contribution in [0.4, 0.5) is 0 Å². The molecular formula is C12H16BrN3O. The molecule has 1 N–H and O–H groups in total. The van der Waals surface area contributed by atoms with Crippen LogP contribution in [-0.2, 0) is 6.54 Å². The lowest BCUT2D eigenvalue weighted by atomic mass is 9.85. The molecule has 1 aromatic rings. The van der Waals surface area contributed by atoms with Gasteiger partial charge in [-0.25, -0.2) is 0 Å². The number of hydrogen-bond acceptors (Lipinski definition) is 3. The van der Waals surface area contributed by atoms with E-state index in [2.05, 4.69) is 26.3 Å². The Morgan fingerprint density at radius 1 is 1.65 bits per heavy atom. The molecule has 0 radical (unpaired) electrons. The molecule has 92 valence electrons. The van der Waals surface area contributed by atoms with Gasteiger partial charge < -0.3 is 5.32 Å². The van der Waals surface area contributed by atoms with Crippen molar-refractivity contribution in [3.05, 3.63) is 16.4 Å². The van der Waals surface area contributed by atoms with Crippen LogP contribution in [0.1, 0.15) is 36.7 Å². The fraction of sp³-hybridized carbons (Fsp3) is 0.667. The lowest BCUT2D eigenvalue weighted by Gasteiger charge is -2.19. The SMILES string of the molecule is CCn1ncc(Br)c1C(=O)C1CC2CCC1N2. The highest BCUT2D eigenvalue weighted by Crippen LogP contribution is 2.36. The van der Waals surface area contributed by atoms with Crippen molar-refractivity contribution in [2.24, 2.45) is 5.92 Å². The minimum atomic E-state index is 0.145. The van der Waals surface area contributed by atoms with Gasteiger partial charge in [-0.05, 0) is 42.1 Å². The summed E-state index contributed by atoms with van der Waals surface area (Å²) in [6.45, 7) is 2.75. The van der Waals surface area contributed by atoms with Crippen molar-refractivity contribution in [3.8, 4) is 0 Å². The number of Topliss-reactive ketones (excluding diaryl/α,β-unsaturated/α-hetero) is 1. The molecule has 0 saturated carbocycles. The van der Waals surface area contributed by atoms with Gasteiger partial charge in [-0.3, -0.25) is 9.48 Å². The van der Waals surface area contributed by atoms with Crippen LogP contribution >= 0.6 is 15.9 Å². The Kier molecular flexibility index (Phi) is 2.83. The first-order chi connectivity index (χ1) is 8.20. The Bertz CT molecular complexity index is 457. The summed E-state index contributed by atoms with van der Waals surface area (Å²) in [5.74, 6) is 0.392. The fourth-order valence-electron chi connectivity index (χ4n) is 3.14. The molecule has 2 bridgehead atoms. The highest BCUT2D eigenvalue weighted by Gasteiger charge is 2.43. The van der Waals surface area contributed by atoms with Crippen molar-refractivity contribution in [1.29, 1.82) is 0 Å². The number of rotatable bonds is 3. The Balaban J connectivity index is 1.89. The van der Waals surface area contributed by atoms with Gasteiger partial charge in [-0.15, -0.1) is 0 Å². The van der Waals surface area contributed by atoms with Crippen LogP contribution in [0.25, 0.3) is 0 Å². The number of nitrogens with one attached hydrogen (secondary N) is 1. The van der Waals surface area contributed by atoms with Gasteiger partial charge in [0.2, 0.25) is 0 Å². The van der Waals surface area contributed by atoms with Crippen LogP contribution in [0, 0.1) is 5.92 Å². The van der Waals surface area contributed by atoms with E-state index < -0.39 is 0 Å². The molecule has 0 aliphatic carbocycles. The molecule has 0 amide bonds. The molecular weight excluding hydrogens is 282 g/mol. The van der Waals surface area contributed by atoms with Gasteiger partial charge in [0.05, 0.1) is 10.7 Å². The minimum Gasteiger partial charge on any atom is -0.310 e. The fourth-order valence-corrected chi connectivity index (χ4v) is 3.63. The van der Waals surface area contributed by atoms with Gasteiger partial charge in [-0.2, -0.15) is 5.10 Å². The van der Waals surface area contributed by atoms with E-state index in [9.17, 15) is 4.79 Å². The zero-order valence-corrected chi connectivity index (χ0v) is 11.4. The molecule has 0 spiro atoms. The molecule has 3 rings (SSSR count). The first kappa shape index (κ1) is 11.4. The number of hydrogen-bond donors (Lipinski definition) is 1. The molecule has 2 saturated heterocycles. The number of nitrogens with zero attached hydrogens (tertiary/aromatic N) is 2. The maximum atomic E-state index is 12.6. The number of carbonyl (C=O) groups is 1. The summed E-state index contributed by atoms with van der Waals surface area (Å²) in [5.41, 5.74) is 0.742. The summed E-state index contributed by atoms with van der Waals surface area (Å²) in [4.78, 5) is 12.6. The Morgan fingerprint density at radius 3 is 3.06 bits per heavy atom. The summed E-state index contributed by atoms with van der Waals surface area (Å²) >= 11 is 3.43. The molecule has 2 fully saturated rings. The normalized spacial score (nSPS) is 31.1. The summed E-state index contributed by atoms with van der Waals surface area (Å²) in [6, 6.07) is 0.949. The highest BCUT2D eigenvalue weighted by molar-refractivity contribution is 9.10. The lowest BCUT2D eigenvalue weighted by Crippen LogP contribution is -2.30. The summed E-state index contributed by atoms with van der Waals surface area (Å²) < 4.78 is 2.62. The second kappa shape index (κ2) is 4.21. The predicted octanol–water partition coefficient (Wildman–Crippen LogP) is 1.99. The van der Waals surface area contributed by atoms with Crippen LogP contribution in [0.5, 0.6) is 0 Å². The molecule has 17 heavy (non-hydrogen) atoms. The summed E-state index contributed by atoms with van der Waals surface area (Å²) in [6.07, 6.45) is 5.07. The summed E-state index contributed by atoms with van der Waals surface area (Å²) in [5, 5.41) is 7.73. The average molecular weight is 298 g/mol. The van der Waals surface area contributed by atoms with Crippen molar-refractivity contribution in [3.63, 3.8) is 0 Å². The third-order valence-electron chi connectivity index (χ3n) is 3.96. The number of fused-ring (bicyclic) bond motifs is 2. The van der Waals surface area contributed by atoms with E-state index in [-0.39, 0.29) is 11.7 Å². The van der Waals surface area contributed by atoms with E-state index >= 15 is 0 Å². The molecule has 0 aromatic carbocycles. The second-order valence-corrected chi connectivity index (χ2v) is 5.77. The van der Waals surface area contributed by atoms with Crippen molar-refractivity contribution < 1.29 is 4.79 Å². The Labute approximate surface area is 109 Å². The van der Waals surface area contributed by atoms with E-state index in [0.29, 0.717) is 12.1 Å². The number of halogens is 1. The summed E-state index contributed by atoms with van der Waals surface area (Å²) in [7, 11) is 0. The number of aryl methyl sites for hydroxylation is 1. The number of ketones is 1. The van der Waals surface area contributed by atoms with Gasteiger partial charge in [-0.1, -0.05) is 0 Å². The maximum Gasteiger partial charge on any atom is 0.186 e. The zero-order valence-electron chi connectivity index (χ0n) is 9.82. The molecule has 3 atom stereocenters. The average Bonchev–Trinajstić information content (AvgIpc) is 3.01. The molecule has 2 aliphatic heterocycles. The van der Waals surface area contributed by atoms with Gasteiger partial charge in [0.15, 0.2) is 5.78 Å². The van der Waals surface area contributed by atoms with Crippen LogP contribution in [0.3, 0.4) is 0 Å². The van der Waals surface area contributed by atoms with Gasteiger partial charge in [0.1, 0.15) is 5.69 Å². The Morgan fingerprint density at radius 2 is 2.47 bits per heavy atom. The van der Waals surface area contributed by atoms with Crippen molar-refractivity contribution in [1.82, 2.24) is 15.1 Å². The van der Waals surface area contributed by atoms with E-state index in [0.717, 1.165) is 29.6 Å². The van der Waals surface area contributed by atoms with Crippen LogP contribution in [-0.4, -0.2) is 27.6 Å². The monoisotopic (exact) mass is 297 g/mol. The predicted molar refractivity (Wildman–Crippen MR) is 68.0 cm³/mol. The molecule has 4 nitrogen and oxygen atoms in total. The highest BCUT2D eigenvalue weighted by atomic mass is 79.9. The second-order valence-electron chi connectivity index (χ2n) is 4.91. The van der Waals surface area contributed by atoms with Gasteiger partial charge in [0, 0.05) is 24.5 Å². The zero-order chi connectivity index (χ0) is 12.0. The molecule has 1 aromatic heterocycles. The van der Waals surface area contributed by atoms with E-state index in [1.807, 2.05) is 6.92 Å². The minimum absolute atomic E-state index is 0.145. The van der Waals surface area contributed by atoms with E-state index in [4.69, 9.17) is 0 Å². The smallest absolute Gasteiger partial charge is 0.186 e. The standard InChI is InChI=1S/C12H16BrN3O/c1-2-16-11(9(13)6-14-16)12(17)8-5-7-3-4-10(8)15-7/h6-8,10,15H,2-5H2,1H3. The number of aromatic nitrogens is 2. The van der Waals surface area contributed by atoms with E-state index in [1.165, 1.54) is 6.42 Å². The third-order valence-corrected chi connectivity index (χ3v) is 4.54. The van der Waals surface area contributed by atoms with Crippen molar-refractivity contribution >= 4 is 21.7 Å². The van der Waals surface area contributed by atoms with Crippen LogP contribution < -0.4 is 5.32 Å². The van der Waals surface area contributed by atoms with Gasteiger partial charge >= 0.3 is 0 Å². The molecule has 3 unspecified atom stereocenters. The van der Waals surface area contributed by atoms with Crippen LogP contribution in [0.2, 0.25) is 0 Å². The quantitative estimate of drug-likeness (QED) is 0.868. The van der Waals surface area contributed by atoms with Crippen LogP contribution in [0.15, 0.2) is 10.7 Å². The van der Waals surface area contributed by atoms with Crippen molar-refractivity contribution in [2.45, 2.75) is 44.8 Å². The van der Waals surface area contributed by atoms with Crippen molar-refractivity contribution in [2.75, 3.05) is 0 Å². The van der Waals surface area contributed by atoms with Gasteiger partial charge in [0.25, 0.3) is 0 Å². The molecule has 5 heteroatoms. The topological polar surface area (TPSA) is 46.9 Å². The largest absolute Gasteiger partial charge is 0.310 e. The number of carbonyl (C=O) groups excluding carboxylic acids is 1. The Hall–Kier alpha value is -0.680. The first-order valence-corrected chi connectivity index (χ1v) is 7.01. The maximum absolute atomic E-state index is 12.6.